The lowest BCUT2D eigenvalue weighted by atomic mass is 10.2. The molecule has 80 valence electrons. The number of hydrogen-bond donors (Lipinski definition) is 1. The molecule has 0 unspecified atom stereocenters. The minimum atomic E-state index is 0.144. The van der Waals surface area contributed by atoms with E-state index in [1.807, 2.05) is 25.1 Å². The molecule has 15 heavy (non-hydrogen) atoms. The Morgan fingerprint density at radius 3 is 3.07 bits per heavy atom. The van der Waals surface area contributed by atoms with Crippen LogP contribution in [0.3, 0.4) is 0 Å². The van der Waals surface area contributed by atoms with Gasteiger partial charge in [0.05, 0.1) is 16.4 Å². The maximum Gasteiger partial charge on any atom is 0.228 e. The highest BCUT2D eigenvalue weighted by Gasteiger charge is 2.21. The molecule has 1 N–H and O–H groups in total. The highest BCUT2D eigenvalue weighted by molar-refractivity contribution is 6.34. The number of amides is 1. The van der Waals surface area contributed by atoms with Crippen LogP contribution in [0.25, 0.3) is 0 Å². The Morgan fingerprint density at radius 1 is 1.53 bits per heavy atom. The molecule has 4 heteroatoms. The molecule has 0 saturated heterocycles. The van der Waals surface area contributed by atoms with Gasteiger partial charge in [-0.1, -0.05) is 17.7 Å². The summed E-state index contributed by atoms with van der Waals surface area (Å²) in [6.45, 7) is 3.29. The van der Waals surface area contributed by atoms with Crippen molar-refractivity contribution in [2.24, 2.45) is 0 Å². The number of carbonyl (C=O) groups excluding carboxylic acids is 1. The molecule has 1 aromatic rings. The predicted octanol–water partition coefficient (Wildman–Crippen LogP) is 2.51. The van der Waals surface area contributed by atoms with Crippen LogP contribution in [-0.2, 0) is 4.79 Å². The molecule has 0 spiro atoms. The number of rotatable bonds is 1. The maximum atomic E-state index is 11.8. The van der Waals surface area contributed by atoms with Gasteiger partial charge in [-0.3, -0.25) is 4.79 Å². The van der Waals surface area contributed by atoms with Crippen molar-refractivity contribution in [1.82, 2.24) is 0 Å². The van der Waals surface area contributed by atoms with E-state index < -0.39 is 0 Å². The van der Waals surface area contributed by atoms with Crippen LogP contribution in [0, 0.1) is 0 Å². The molecule has 0 fully saturated rings. The van der Waals surface area contributed by atoms with Crippen LogP contribution >= 0.6 is 11.6 Å². The second kappa shape index (κ2) is 4.11. The van der Waals surface area contributed by atoms with E-state index in [0.717, 1.165) is 11.4 Å². The zero-order chi connectivity index (χ0) is 10.8. The number of carbonyl (C=O) groups is 1. The number of hydrogen-bond acceptors (Lipinski definition) is 2. The summed E-state index contributed by atoms with van der Waals surface area (Å²) in [4.78, 5) is 13.5. The second-order valence-electron chi connectivity index (χ2n) is 3.45. The van der Waals surface area contributed by atoms with Crippen molar-refractivity contribution < 1.29 is 4.79 Å². The van der Waals surface area contributed by atoms with E-state index in [1.165, 1.54) is 0 Å². The lowest BCUT2D eigenvalue weighted by molar-refractivity contribution is -0.118. The molecule has 3 nitrogen and oxygen atoms in total. The third kappa shape index (κ3) is 1.79. The Kier molecular flexibility index (Phi) is 2.82. The first kappa shape index (κ1) is 10.3. The summed E-state index contributed by atoms with van der Waals surface area (Å²) < 4.78 is 0. The van der Waals surface area contributed by atoms with Gasteiger partial charge in [0.2, 0.25) is 5.91 Å². The Hall–Kier alpha value is -1.22. The van der Waals surface area contributed by atoms with Crippen molar-refractivity contribution in [2.45, 2.75) is 13.3 Å². The third-order valence-electron chi connectivity index (χ3n) is 2.54. The molecule has 0 radical (unpaired) electrons. The van der Waals surface area contributed by atoms with Crippen molar-refractivity contribution in [1.29, 1.82) is 0 Å². The van der Waals surface area contributed by atoms with E-state index in [0.29, 0.717) is 24.5 Å². The largest absolute Gasteiger partial charge is 0.382 e. The van der Waals surface area contributed by atoms with Gasteiger partial charge in [0.25, 0.3) is 0 Å². The Morgan fingerprint density at radius 2 is 2.33 bits per heavy atom. The van der Waals surface area contributed by atoms with Crippen LogP contribution in [0.15, 0.2) is 18.2 Å². The summed E-state index contributed by atoms with van der Waals surface area (Å²) in [6.07, 6.45) is 0.513. The molecular formula is C11H13ClN2O. The standard InChI is InChI=1S/C11H13ClN2O/c1-2-14-9-5-3-4-8(12)11(9)13-7-6-10(14)15/h3-5,13H,2,6-7H2,1H3. The van der Waals surface area contributed by atoms with Gasteiger partial charge >= 0.3 is 0 Å². The smallest absolute Gasteiger partial charge is 0.228 e. The van der Waals surface area contributed by atoms with Gasteiger partial charge < -0.3 is 10.2 Å². The highest BCUT2D eigenvalue weighted by Crippen LogP contribution is 2.34. The van der Waals surface area contributed by atoms with Gasteiger partial charge in [0, 0.05) is 19.5 Å². The summed E-state index contributed by atoms with van der Waals surface area (Å²) in [5.74, 6) is 0.144. The van der Waals surface area contributed by atoms with E-state index in [2.05, 4.69) is 5.32 Å². The number of nitrogens with zero attached hydrogens (tertiary/aromatic N) is 1. The second-order valence-corrected chi connectivity index (χ2v) is 3.86. The van der Waals surface area contributed by atoms with Crippen LogP contribution in [0.5, 0.6) is 0 Å². The number of fused-ring (bicyclic) bond motifs is 1. The van der Waals surface area contributed by atoms with Crippen LogP contribution < -0.4 is 10.2 Å². The summed E-state index contributed by atoms with van der Waals surface area (Å²) in [7, 11) is 0. The van der Waals surface area contributed by atoms with E-state index in [4.69, 9.17) is 11.6 Å². The number of nitrogens with one attached hydrogen (secondary N) is 1. The molecule has 1 amide bonds. The summed E-state index contributed by atoms with van der Waals surface area (Å²) in [5, 5.41) is 3.86. The lowest BCUT2D eigenvalue weighted by Gasteiger charge is -2.20. The molecule has 0 aliphatic carbocycles. The monoisotopic (exact) mass is 224 g/mol. The zero-order valence-corrected chi connectivity index (χ0v) is 9.34. The molecular weight excluding hydrogens is 212 g/mol. The Labute approximate surface area is 94.0 Å². The van der Waals surface area contributed by atoms with Crippen molar-refractivity contribution in [3.8, 4) is 0 Å². The van der Waals surface area contributed by atoms with Crippen LogP contribution in [0.1, 0.15) is 13.3 Å². The number of anilines is 2. The van der Waals surface area contributed by atoms with Gasteiger partial charge in [-0.2, -0.15) is 0 Å². The molecule has 0 atom stereocenters. The maximum absolute atomic E-state index is 11.8. The summed E-state index contributed by atoms with van der Waals surface area (Å²) in [6, 6.07) is 5.61. The third-order valence-corrected chi connectivity index (χ3v) is 2.86. The molecule has 1 aromatic carbocycles. The SMILES string of the molecule is CCN1C(=O)CCNc2c(Cl)cccc21. The molecule has 1 aliphatic heterocycles. The fourth-order valence-corrected chi connectivity index (χ4v) is 2.06. The molecule has 1 aliphatic rings. The first-order chi connectivity index (χ1) is 7.24. The molecule has 0 aromatic heterocycles. The van der Waals surface area contributed by atoms with Crippen LogP contribution in [-0.4, -0.2) is 19.0 Å². The molecule has 2 rings (SSSR count). The fourth-order valence-electron chi connectivity index (χ4n) is 1.82. The van der Waals surface area contributed by atoms with Gasteiger partial charge in [0.15, 0.2) is 0 Å². The molecule has 1 heterocycles. The normalized spacial score (nSPS) is 15.6. The summed E-state index contributed by atoms with van der Waals surface area (Å²) >= 11 is 6.08. The molecule has 0 bridgehead atoms. The lowest BCUT2D eigenvalue weighted by Crippen LogP contribution is -2.29. The topological polar surface area (TPSA) is 32.3 Å². The quantitative estimate of drug-likeness (QED) is 0.795. The van der Waals surface area contributed by atoms with Gasteiger partial charge in [-0.15, -0.1) is 0 Å². The van der Waals surface area contributed by atoms with Gasteiger partial charge in [0.1, 0.15) is 0 Å². The number of para-hydroxylation sites is 1. The average molecular weight is 225 g/mol. The van der Waals surface area contributed by atoms with Crippen LogP contribution in [0.2, 0.25) is 5.02 Å². The first-order valence-corrected chi connectivity index (χ1v) is 5.44. The first-order valence-electron chi connectivity index (χ1n) is 5.06. The Balaban J connectivity index is 2.52. The van der Waals surface area contributed by atoms with E-state index in [1.54, 1.807) is 4.90 Å². The van der Waals surface area contributed by atoms with Crippen molar-refractivity contribution >= 4 is 28.9 Å². The van der Waals surface area contributed by atoms with Crippen molar-refractivity contribution in [3.05, 3.63) is 23.2 Å². The minimum Gasteiger partial charge on any atom is -0.382 e. The van der Waals surface area contributed by atoms with Gasteiger partial charge in [-0.25, -0.2) is 0 Å². The van der Waals surface area contributed by atoms with Crippen LogP contribution in [0.4, 0.5) is 11.4 Å². The van der Waals surface area contributed by atoms with E-state index in [-0.39, 0.29) is 5.91 Å². The molecule has 0 saturated carbocycles. The highest BCUT2D eigenvalue weighted by atomic mass is 35.5. The van der Waals surface area contributed by atoms with E-state index in [9.17, 15) is 4.79 Å². The summed E-state index contributed by atoms with van der Waals surface area (Å²) in [5.41, 5.74) is 1.75. The van der Waals surface area contributed by atoms with Crippen molar-refractivity contribution in [3.63, 3.8) is 0 Å². The minimum absolute atomic E-state index is 0.144. The zero-order valence-electron chi connectivity index (χ0n) is 8.59. The Bertz CT molecular complexity index is 392. The predicted molar refractivity (Wildman–Crippen MR) is 62.6 cm³/mol. The fraction of sp³-hybridized carbons (Fsp3) is 0.364. The van der Waals surface area contributed by atoms with E-state index >= 15 is 0 Å². The average Bonchev–Trinajstić information content (AvgIpc) is 2.38. The van der Waals surface area contributed by atoms with Crippen molar-refractivity contribution in [2.75, 3.05) is 23.3 Å². The number of halogens is 1. The number of benzene rings is 1. The van der Waals surface area contributed by atoms with Gasteiger partial charge in [-0.05, 0) is 19.1 Å².